The second-order valence-corrected chi connectivity index (χ2v) is 12.5. The number of fused-ring (bicyclic) bond motifs is 2. The molecule has 11 nitrogen and oxygen atoms in total. The Kier molecular flexibility index (Phi) is 8.12. The number of carbonyl (C=O) groups is 3. The van der Waals surface area contributed by atoms with E-state index in [9.17, 15) is 46.2 Å². The molecule has 3 aromatic rings. The molecule has 238 valence electrons. The summed E-state index contributed by atoms with van der Waals surface area (Å²) in [7, 11) is -4.46. The van der Waals surface area contributed by atoms with Crippen molar-refractivity contribution in [1.82, 2.24) is 10.2 Å². The normalized spacial score (nSPS) is 19.3. The topological polar surface area (TPSA) is 162 Å². The summed E-state index contributed by atoms with van der Waals surface area (Å²) in [6, 6.07) is 8.06. The molecule has 45 heavy (non-hydrogen) atoms. The number of aromatic hydroxyl groups is 1. The number of benzene rings is 3. The molecule has 2 bridgehead atoms. The lowest BCUT2D eigenvalue weighted by Gasteiger charge is -2.35. The Labute approximate surface area is 253 Å². The van der Waals surface area contributed by atoms with Gasteiger partial charge in [0.2, 0.25) is 0 Å². The quantitative estimate of drug-likeness (QED) is 0.260. The van der Waals surface area contributed by atoms with Gasteiger partial charge in [-0.25, -0.2) is 22.4 Å². The minimum Gasteiger partial charge on any atom is -0.507 e. The van der Waals surface area contributed by atoms with Gasteiger partial charge in [0.15, 0.2) is 0 Å². The Morgan fingerprint density at radius 3 is 2.42 bits per heavy atom. The summed E-state index contributed by atoms with van der Waals surface area (Å²) >= 11 is 0. The van der Waals surface area contributed by atoms with Gasteiger partial charge in [0.05, 0.1) is 17.6 Å². The Bertz CT molecular complexity index is 1820. The number of hydrogen-bond donors (Lipinski definition) is 4. The van der Waals surface area contributed by atoms with E-state index >= 15 is 4.39 Å². The lowest BCUT2D eigenvalue weighted by molar-refractivity contribution is -0.0436. The molecule has 0 aromatic heterocycles. The molecule has 1 saturated heterocycles. The molecule has 2 aliphatic rings. The molecule has 3 unspecified atom stereocenters. The van der Waals surface area contributed by atoms with E-state index in [1.807, 2.05) is 0 Å². The van der Waals surface area contributed by atoms with E-state index in [0.29, 0.717) is 25.3 Å². The molecule has 5 rings (SSSR count). The number of nitrogens with one attached hydrogen (secondary N) is 2. The number of carboxylic acid groups (broad SMARTS) is 1. The molecular weight excluding hydrogens is 626 g/mol. The van der Waals surface area contributed by atoms with Crippen LogP contribution in [0.25, 0.3) is 11.1 Å². The Balaban J connectivity index is 1.41. The number of hydrogen-bond acceptors (Lipinski definition) is 7. The van der Waals surface area contributed by atoms with Crippen LogP contribution in [-0.4, -0.2) is 66.3 Å². The third-order valence-corrected chi connectivity index (χ3v) is 9.35. The third-order valence-electron chi connectivity index (χ3n) is 7.87. The number of carboxylic acids is 1. The first-order valence-electron chi connectivity index (χ1n) is 13.4. The maximum atomic E-state index is 15.1. The summed E-state index contributed by atoms with van der Waals surface area (Å²) in [5.41, 5.74) is -6.50. The number of sulfone groups is 1. The van der Waals surface area contributed by atoms with Gasteiger partial charge < -0.3 is 30.5 Å². The minimum atomic E-state index is -5.66. The summed E-state index contributed by atoms with van der Waals surface area (Å²) in [6.07, 6.45) is 0.863. The van der Waals surface area contributed by atoms with Crippen molar-refractivity contribution >= 4 is 33.4 Å². The van der Waals surface area contributed by atoms with Crippen LogP contribution < -0.4 is 15.4 Å². The van der Waals surface area contributed by atoms with Crippen molar-refractivity contribution in [2.45, 2.75) is 41.9 Å². The second-order valence-electron chi connectivity index (χ2n) is 10.5. The number of piperidine rings is 1. The largest absolute Gasteiger partial charge is 0.507 e. The predicted molar refractivity (Wildman–Crippen MR) is 150 cm³/mol. The summed E-state index contributed by atoms with van der Waals surface area (Å²) in [4.78, 5) is 38.7. The highest BCUT2D eigenvalue weighted by Gasteiger charge is 2.49. The zero-order valence-electron chi connectivity index (χ0n) is 23.3. The van der Waals surface area contributed by atoms with Gasteiger partial charge in [0, 0.05) is 23.4 Å². The van der Waals surface area contributed by atoms with Gasteiger partial charge in [-0.1, -0.05) is 12.1 Å². The molecule has 0 spiro atoms. The van der Waals surface area contributed by atoms with Crippen molar-refractivity contribution in [2.24, 2.45) is 5.92 Å². The van der Waals surface area contributed by atoms with Gasteiger partial charge in [0.1, 0.15) is 29.0 Å². The fourth-order valence-electron chi connectivity index (χ4n) is 5.74. The highest BCUT2D eigenvalue weighted by atomic mass is 32.2. The Hall–Kier alpha value is -4.86. The van der Waals surface area contributed by atoms with Gasteiger partial charge in [-0.2, -0.15) is 13.2 Å². The van der Waals surface area contributed by atoms with Gasteiger partial charge >= 0.3 is 17.5 Å². The van der Waals surface area contributed by atoms with Gasteiger partial charge in [-0.3, -0.25) is 4.79 Å². The van der Waals surface area contributed by atoms with Crippen LogP contribution in [-0.2, 0) is 9.84 Å². The molecule has 0 radical (unpaired) electrons. The molecule has 3 amide bonds. The monoisotopic (exact) mass is 651 g/mol. The summed E-state index contributed by atoms with van der Waals surface area (Å²) in [5.74, 6) is -3.96. The number of rotatable bonds is 7. The van der Waals surface area contributed by atoms with Crippen LogP contribution in [0.15, 0.2) is 59.5 Å². The van der Waals surface area contributed by atoms with E-state index in [1.165, 1.54) is 24.1 Å². The number of methoxy groups -OCH3 is 1. The molecule has 1 heterocycles. The van der Waals surface area contributed by atoms with E-state index in [4.69, 9.17) is 4.74 Å². The minimum absolute atomic E-state index is 0.0510. The Morgan fingerprint density at radius 2 is 1.76 bits per heavy atom. The number of urea groups is 1. The lowest BCUT2D eigenvalue weighted by atomic mass is 9.98. The zero-order chi connectivity index (χ0) is 32.8. The lowest BCUT2D eigenvalue weighted by Crippen LogP contribution is -2.55. The zero-order valence-corrected chi connectivity index (χ0v) is 24.1. The van der Waals surface area contributed by atoms with Gasteiger partial charge in [-0.15, -0.1) is 0 Å². The summed E-state index contributed by atoms with van der Waals surface area (Å²) in [5, 5.41) is 24.3. The molecule has 16 heteroatoms. The summed E-state index contributed by atoms with van der Waals surface area (Å²) < 4.78 is 83.1. The molecule has 4 N–H and O–H groups in total. The number of alkyl halides is 3. The highest BCUT2D eigenvalue weighted by molar-refractivity contribution is 7.92. The number of carbonyl (C=O) groups excluding carboxylic acids is 2. The van der Waals surface area contributed by atoms with Crippen LogP contribution in [0, 0.1) is 11.7 Å². The number of ether oxygens (including phenoxy) is 1. The van der Waals surface area contributed by atoms with E-state index in [1.54, 1.807) is 0 Å². The van der Waals surface area contributed by atoms with Crippen molar-refractivity contribution < 1.29 is 55.3 Å². The molecule has 1 aliphatic heterocycles. The number of phenols is 1. The van der Waals surface area contributed by atoms with E-state index in [-0.39, 0.29) is 40.1 Å². The SMILES string of the molecule is COc1cc(F)c(-c2ccc(O)c(C(=O)O)c2)cc1C(=O)NC1C2CCC(C2)N1C(=O)Nc1cccc(S(=O)(=O)C(F)(F)F)c1. The smallest absolute Gasteiger partial charge is 0.501 e. The van der Waals surface area contributed by atoms with Gasteiger partial charge in [0.25, 0.3) is 15.7 Å². The fourth-order valence-corrected chi connectivity index (χ4v) is 6.54. The molecule has 3 atom stereocenters. The van der Waals surface area contributed by atoms with E-state index < -0.39 is 61.4 Å². The second kappa shape index (κ2) is 11.6. The first-order valence-corrected chi connectivity index (χ1v) is 14.9. The summed E-state index contributed by atoms with van der Waals surface area (Å²) in [6.45, 7) is 0. The molecule has 3 aromatic carbocycles. The fraction of sp³-hybridized carbons (Fsp3) is 0.276. The number of amides is 3. The number of halogens is 4. The maximum Gasteiger partial charge on any atom is 0.501 e. The van der Waals surface area contributed by atoms with Gasteiger partial charge in [-0.05, 0) is 67.1 Å². The molecule has 1 aliphatic carbocycles. The average molecular weight is 652 g/mol. The number of anilines is 1. The third kappa shape index (κ3) is 5.84. The number of nitrogens with zero attached hydrogens (tertiary/aromatic N) is 1. The molecule has 1 saturated carbocycles. The maximum absolute atomic E-state index is 15.1. The highest BCUT2D eigenvalue weighted by Crippen LogP contribution is 2.42. The van der Waals surface area contributed by atoms with E-state index in [2.05, 4.69) is 10.6 Å². The first kappa shape index (κ1) is 31.6. The average Bonchev–Trinajstić information content (AvgIpc) is 3.59. The van der Waals surface area contributed by atoms with Crippen LogP contribution in [0.4, 0.5) is 28.0 Å². The van der Waals surface area contributed by atoms with Crippen LogP contribution in [0.5, 0.6) is 11.5 Å². The predicted octanol–water partition coefficient (Wildman–Crippen LogP) is 4.97. The van der Waals surface area contributed by atoms with Crippen LogP contribution in [0.3, 0.4) is 0 Å². The number of likely N-dealkylation sites (tertiary alicyclic amines) is 1. The molecular formula is C29H25F4N3O8S. The van der Waals surface area contributed by atoms with Crippen LogP contribution >= 0.6 is 0 Å². The van der Waals surface area contributed by atoms with Crippen molar-refractivity contribution in [3.05, 3.63) is 71.5 Å². The van der Waals surface area contributed by atoms with Crippen molar-refractivity contribution in [1.29, 1.82) is 0 Å². The number of aromatic carboxylic acids is 1. The van der Waals surface area contributed by atoms with Crippen LogP contribution in [0.2, 0.25) is 0 Å². The molecule has 2 fully saturated rings. The standard InChI is InChI=1S/C29H25F4N3O8S/c1-44-24-13-22(30)19(14-6-8-23(37)20(10-14)27(39)40)12-21(24)26(38)35-25-15-5-7-17(9-15)36(25)28(41)34-16-3-2-4-18(11-16)45(42,43)29(31,32)33/h2-4,6,8,10-13,15,17,25,37H,5,7,9H2,1H3,(H,34,41)(H,35,38)(H,39,40). The van der Waals surface area contributed by atoms with Crippen molar-refractivity contribution in [3.63, 3.8) is 0 Å². The van der Waals surface area contributed by atoms with Crippen LogP contribution in [0.1, 0.15) is 40.0 Å². The Morgan fingerprint density at radius 1 is 1.02 bits per heavy atom. The van der Waals surface area contributed by atoms with Crippen molar-refractivity contribution in [3.8, 4) is 22.6 Å². The first-order chi connectivity index (χ1) is 21.1. The van der Waals surface area contributed by atoms with E-state index in [0.717, 1.165) is 36.4 Å². The van der Waals surface area contributed by atoms with Crippen molar-refractivity contribution in [2.75, 3.05) is 12.4 Å².